The molecule has 1 fully saturated rings. The van der Waals surface area contributed by atoms with Gasteiger partial charge in [0, 0.05) is 29.5 Å². The molecule has 1 aliphatic heterocycles. The highest BCUT2D eigenvalue weighted by molar-refractivity contribution is 7.12. The number of benzene rings is 1. The van der Waals surface area contributed by atoms with Crippen LogP contribution in [0, 0.1) is 19.8 Å². The van der Waals surface area contributed by atoms with Crippen LogP contribution < -0.4 is 5.32 Å². The summed E-state index contributed by atoms with van der Waals surface area (Å²) in [4.78, 5) is 17.9. The Labute approximate surface area is 140 Å². The standard InChI is InChI=1S/C18H22N2O2S/c1-12-3-5-15(6-4-12)18-16(23-13(2)20-18)9-17(21)19-10-14-7-8-22-11-14/h3-6,14H,7-11H2,1-2H3,(H,19,21). The van der Waals surface area contributed by atoms with Gasteiger partial charge in [0.25, 0.3) is 0 Å². The van der Waals surface area contributed by atoms with Crippen molar-refractivity contribution in [2.75, 3.05) is 19.8 Å². The normalized spacial score (nSPS) is 17.4. The Morgan fingerprint density at radius 1 is 1.35 bits per heavy atom. The van der Waals surface area contributed by atoms with Crippen LogP contribution in [0.3, 0.4) is 0 Å². The van der Waals surface area contributed by atoms with Crippen LogP contribution in [-0.2, 0) is 16.0 Å². The number of carbonyl (C=O) groups is 1. The maximum absolute atomic E-state index is 12.2. The molecule has 1 aromatic heterocycles. The molecule has 1 aromatic carbocycles. The van der Waals surface area contributed by atoms with Crippen LogP contribution in [0.1, 0.15) is 21.9 Å². The molecule has 1 unspecified atom stereocenters. The van der Waals surface area contributed by atoms with Gasteiger partial charge in [0.1, 0.15) is 0 Å². The van der Waals surface area contributed by atoms with Crippen LogP contribution in [0.5, 0.6) is 0 Å². The van der Waals surface area contributed by atoms with Crippen molar-refractivity contribution in [2.45, 2.75) is 26.7 Å². The van der Waals surface area contributed by atoms with Gasteiger partial charge < -0.3 is 10.1 Å². The number of ether oxygens (including phenoxy) is 1. The number of hydrogen-bond donors (Lipinski definition) is 1. The predicted molar refractivity (Wildman–Crippen MR) is 92.7 cm³/mol. The Morgan fingerprint density at radius 3 is 2.83 bits per heavy atom. The maximum Gasteiger partial charge on any atom is 0.225 e. The summed E-state index contributed by atoms with van der Waals surface area (Å²) in [5.41, 5.74) is 3.23. The molecule has 0 aliphatic carbocycles. The first kappa shape index (κ1) is 16.1. The van der Waals surface area contributed by atoms with Crippen molar-refractivity contribution in [3.8, 4) is 11.3 Å². The van der Waals surface area contributed by atoms with Gasteiger partial charge in [0.05, 0.1) is 23.7 Å². The fourth-order valence-corrected chi connectivity index (χ4v) is 3.69. The van der Waals surface area contributed by atoms with Crippen LogP contribution in [-0.4, -0.2) is 30.6 Å². The van der Waals surface area contributed by atoms with E-state index in [1.807, 2.05) is 6.92 Å². The molecule has 23 heavy (non-hydrogen) atoms. The van der Waals surface area contributed by atoms with Gasteiger partial charge in [-0.1, -0.05) is 29.8 Å². The van der Waals surface area contributed by atoms with Gasteiger partial charge in [-0.15, -0.1) is 11.3 Å². The number of thiazole rings is 1. The van der Waals surface area contributed by atoms with Crippen molar-refractivity contribution in [3.05, 3.63) is 39.7 Å². The van der Waals surface area contributed by atoms with Crippen LogP contribution in [0.4, 0.5) is 0 Å². The number of nitrogens with one attached hydrogen (secondary N) is 1. The molecule has 1 amide bonds. The van der Waals surface area contributed by atoms with Crippen LogP contribution >= 0.6 is 11.3 Å². The zero-order valence-corrected chi connectivity index (χ0v) is 14.4. The molecule has 5 heteroatoms. The van der Waals surface area contributed by atoms with E-state index in [1.165, 1.54) is 5.56 Å². The van der Waals surface area contributed by atoms with E-state index in [0.29, 0.717) is 18.9 Å². The van der Waals surface area contributed by atoms with Gasteiger partial charge in [0.15, 0.2) is 0 Å². The molecule has 0 radical (unpaired) electrons. The molecule has 1 saturated heterocycles. The lowest BCUT2D eigenvalue weighted by molar-refractivity contribution is -0.120. The van der Waals surface area contributed by atoms with E-state index < -0.39 is 0 Å². The second-order valence-corrected chi connectivity index (χ2v) is 7.37. The molecule has 2 heterocycles. The molecule has 1 aliphatic rings. The topological polar surface area (TPSA) is 51.2 Å². The van der Waals surface area contributed by atoms with Gasteiger partial charge in [0.2, 0.25) is 5.91 Å². The Kier molecular flexibility index (Phi) is 5.08. The lowest BCUT2D eigenvalue weighted by Crippen LogP contribution is -2.30. The molecule has 0 saturated carbocycles. The Hall–Kier alpha value is -1.72. The van der Waals surface area contributed by atoms with E-state index in [2.05, 4.69) is 41.5 Å². The first-order valence-corrected chi connectivity index (χ1v) is 8.81. The van der Waals surface area contributed by atoms with Crippen molar-refractivity contribution in [2.24, 2.45) is 5.92 Å². The summed E-state index contributed by atoms with van der Waals surface area (Å²) in [5.74, 6) is 0.521. The maximum atomic E-state index is 12.2. The number of aryl methyl sites for hydroxylation is 2. The Morgan fingerprint density at radius 2 is 2.13 bits per heavy atom. The molecular formula is C18H22N2O2S. The number of aromatic nitrogens is 1. The van der Waals surface area contributed by atoms with Crippen LogP contribution in [0.2, 0.25) is 0 Å². The van der Waals surface area contributed by atoms with E-state index in [9.17, 15) is 4.79 Å². The summed E-state index contributed by atoms with van der Waals surface area (Å²) in [7, 11) is 0. The number of nitrogens with zero attached hydrogens (tertiary/aromatic N) is 1. The monoisotopic (exact) mass is 330 g/mol. The Bertz CT molecular complexity index is 673. The molecule has 2 aromatic rings. The minimum Gasteiger partial charge on any atom is -0.381 e. The van der Waals surface area contributed by atoms with Crippen molar-refractivity contribution < 1.29 is 9.53 Å². The zero-order chi connectivity index (χ0) is 16.2. The van der Waals surface area contributed by atoms with Gasteiger partial charge in [-0.3, -0.25) is 4.79 Å². The first-order valence-electron chi connectivity index (χ1n) is 7.99. The molecule has 4 nitrogen and oxygen atoms in total. The average molecular weight is 330 g/mol. The predicted octanol–water partition coefficient (Wildman–Crippen LogP) is 3.12. The second-order valence-electron chi connectivity index (χ2n) is 6.08. The number of rotatable bonds is 5. The van der Waals surface area contributed by atoms with Crippen LogP contribution in [0.25, 0.3) is 11.3 Å². The smallest absolute Gasteiger partial charge is 0.225 e. The quantitative estimate of drug-likeness (QED) is 0.916. The summed E-state index contributed by atoms with van der Waals surface area (Å²) in [6.07, 6.45) is 1.43. The highest BCUT2D eigenvalue weighted by Gasteiger charge is 2.18. The summed E-state index contributed by atoms with van der Waals surface area (Å²) in [6, 6.07) is 8.30. The highest BCUT2D eigenvalue weighted by Crippen LogP contribution is 2.28. The van der Waals surface area contributed by atoms with E-state index in [4.69, 9.17) is 4.74 Å². The van der Waals surface area contributed by atoms with Crippen molar-refractivity contribution >= 4 is 17.2 Å². The molecule has 0 bridgehead atoms. The van der Waals surface area contributed by atoms with E-state index in [-0.39, 0.29) is 5.91 Å². The third-order valence-electron chi connectivity index (χ3n) is 4.06. The molecular weight excluding hydrogens is 308 g/mol. The summed E-state index contributed by atoms with van der Waals surface area (Å²) in [5, 5.41) is 4.02. The summed E-state index contributed by atoms with van der Waals surface area (Å²) >= 11 is 1.60. The molecule has 1 atom stereocenters. The SMILES string of the molecule is Cc1ccc(-c2nc(C)sc2CC(=O)NCC2CCOC2)cc1. The van der Waals surface area contributed by atoms with E-state index >= 15 is 0 Å². The molecule has 1 N–H and O–H groups in total. The fraction of sp³-hybridized carbons (Fsp3) is 0.444. The fourth-order valence-electron chi connectivity index (χ4n) is 2.74. The zero-order valence-electron chi connectivity index (χ0n) is 13.6. The first-order chi connectivity index (χ1) is 11.1. The van der Waals surface area contributed by atoms with Crippen LogP contribution in [0.15, 0.2) is 24.3 Å². The van der Waals surface area contributed by atoms with Gasteiger partial charge >= 0.3 is 0 Å². The van der Waals surface area contributed by atoms with Gasteiger partial charge in [-0.05, 0) is 20.3 Å². The highest BCUT2D eigenvalue weighted by atomic mass is 32.1. The van der Waals surface area contributed by atoms with Crippen molar-refractivity contribution in [1.29, 1.82) is 0 Å². The molecule has 122 valence electrons. The number of amides is 1. The minimum atomic E-state index is 0.0638. The van der Waals surface area contributed by atoms with E-state index in [1.54, 1.807) is 11.3 Å². The number of hydrogen-bond acceptors (Lipinski definition) is 4. The van der Waals surface area contributed by atoms with Crippen molar-refractivity contribution in [1.82, 2.24) is 10.3 Å². The largest absolute Gasteiger partial charge is 0.381 e. The number of carbonyl (C=O) groups excluding carboxylic acids is 1. The van der Waals surface area contributed by atoms with Gasteiger partial charge in [-0.2, -0.15) is 0 Å². The lowest BCUT2D eigenvalue weighted by Gasteiger charge is -2.09. The van der Waals surface area contributed by atoms with E-state index in [0.717, 1.165) is 40.8 Å². The summed E-state index contributed by atoms with van der Waals surface area (Å²) < 4.78 is 5.34. The minimum absolute atomic E-state index is 0.0638. The molecule has 0 spiro atoms. The third kappa shape index (κ3) is 4.18. The molecule has 3 rings (SSSR count). The summed E-state index contributed by atoms with van der Waals surface area (Å²) in [6.45, 7) is 6.33. The second kappa shape index (κ2) is 7.23. The third-order valence-corrected chi connectivity index (χ3v) is 5.03. The van der Waals surface area contributed by atoms with Gasteiger partial charge in [-0.25, -0.2) is 4.98 Å². The Balaban J connectivity index is 1.67. The van der Waals surface area contributed by atoms with Crippen molar-refractivity contribution in [3.63, 3.8) is 0 Å². The lowest BCUT2D eigenvalue weighted by atomic mass is 10.1. The average Bonchev–Trinajstić information content (AvgIpc) is 3.16.